The van der Waals surface area contributed by atoms with E-state index < -0.39 is 0 Å². The van der Waals surface area contributed by atoms with E-state index in [4.69, 9.17) is 20.8 Å². The van der Waals surface area contributed by atoms with Crippen LogP contribution in [-0.4, -0.2) is 4.98 Å². The molecule has 3 nitrogen and oxygen atoms in total. The minimum Gasteiger partial charge on any atom is -0.472 e. The van der Waals surface area contributed by atoms with E-state index in [0.29, 0.717) is 17.5 Å². The molecule has 0 N–H and O–H groups in total. The Morgan fingerprint density at radius 2 is 2.16 bits per heavy atom. The first kappa shape index (κ1) is 12.5. The fraction of sp³-hybridized carbons (Fsp3) is 0.0714. The van der Waals surface area contributed by atoms with Gasteiger partial charge in [-0.25, -0.2) is 4.98 Å². The second-order valence-electron chi connectivity index (χ2n) is 3.95. The van der Waals surface area contributed by atoms with Crippen LogP contribution in [0.1, 0.15) is 5.56 Å². The number of aromatic nitrogens is 1. The van der Waals surface area contributed by atoms with Gasteiger partial charge < -0.3 is 9.15 Å². The van der Waals surface area contributed by atoms with E-state index in [0.717, 1.165) is 21.0 Å². The predicted octanol–water partition coefficient (Wildman–Crippen LogP) is 4.82. The molecule has 96 valence electrons. The molecule has 0 saturated carbocycles. The van der Waals surface area contributed by atoms with Crippen LogP contribution in [0.15, 0.2) is 51.7 Å². The topological polar surface area (TPSA) is 35.3 Å². The first-order chi connectivity index (χ1) is 9.25. The van der Waals surface area contributed by atoms with E-state index in [1.807, 2.05) is 30.3 Å². The summed E-state index contributed by atoms with van der Waals surface area (Å²) in [6.45, 7) is 0.372. The maximum absolute atomic E-state index is 6.09. The molecule has 0 amide bonds. The first-order valence-corrected chi connectivity index (χ1v) is 6.80. The van der Waals surface area contributed by atoms with Gasteiger partial charge in [0.2, 0.25) is 5.88 Å². The minimum absolute atomic E-state index is 0.372. The van der Waals surface area contributed by atoms with E-state index in [1.165, 1.54) is 0 Å². The van der Waals surface area contributed by atoms with E-state index in [-0.39, 0.29) is 0 Å². The molecule has 0 aliphatic rings. The number of fused-ring (bicyclic) bond motifs is 1. The maximum Gasteiger partial charge on any atom is 0.228 e. The average molecular weight is 339 g/mol. The average Bonchev–Trinajstić information content (AvgIpc) is 2.90. The summed E-state index contributed by atoms with van der Waals surface area (Å²) in [5, 5.41) is 1.56. The van der Waals surface area contributed by atoms with E-state index in [1.54, 1.807) is 12.5 Å². The molecule has 0 saturated heterocycles. The Morgan fingerprint density at radius 3 is 3.00 bits per heavy atom. The highest BCUT2D eigenvalue weighted by Crippen LogP contribution is 2.29. The Labute approximate surface area is 123 Å². The Bertz CT molecular complexity index is 726. The van der Waals surface area contributed by atoms with Gasteiger partial charge in [0.1, 0.15) is 12.2 Å². The molecule has 0 unspecified atom stereocenters. The van der Waals surface area contributed by atoms with Gasteiger partial charge in [0.25, 0.3) is 0 Å². The third-order valence-corrected chi connectivity index (χ3v) is 3.67. The maximum atomic E-state index is 6.09. The SMILES string of the molecule is Clc1ccc(COc2ncccc2Br)c2occc12. The quantitative estimate of drug-likeness (QED) is 0.686. The van der Waals surface area contributed by atoms with Crippen LogP contribution in [0.3, 0.4) is 0 Å². The first-order valence-electron chi connectivity index (χ1n) is 5.63. The van der Waals surface area contributed by atoms with Crippen molar-refractivity contribution in [1.29, 1.82) is 0 Å². The molecule has 0 aliphatic carbocycles. The van der Waals surface area contributed by atoms with Crippen molar-refractivity contribution in [3.63, 3.8) is 0 Å². The van der Waals surface area contributed by atoms with Crippen LogP contribution in [-0.2, 0) is 6.61 Å². The highest BCUT2D eigenvalue weighted by Gasteiger charge is 2.09. The molecule has 0 radical (unpaired) electrons. The number of furan rings is 1. The van der Waals surface area contributed by atoms with Crippen molar-refractivity contribution in [2.45, 2.75) is 6.61 Å². The molecular weight excluding hydrogens is 330 g/mol. The number of halogens is 2. The van der Waals surface area contributed by atoms with Crippen molar-refractivity contribution in [2.24, 2.45) is 0 Å². The van der Waals surface area contributed by atoms with Crippen molar-refractivity contribution in [2.75, 3.05) is 0 Å². The van der Waals surface area contributed by atoms with Gasteiger partial charge in [0.15, 0.2) is 0 Å². The van der Waals surface area contributed by atoms with Crippen molar-refractivity contribution in [3.05, 3.63) is 57.9 Å². The molecule has 5 heteroatoms. The molecule has 0 spiro atoms. The summed E-state index contributed by atoms with van der Waals surface area (Å²) in [7, 11) is 0. The lowest BCUT2D eigenvalue weighted by molar-refractivity contribution is 0.291. The largest absolute Gasteiger partial charge is 0.472 e. The third-order valence-electron chi connectivity index (χ3n) is 2.73. The van der Waals surface area contributed by atoms with Crippen LogP contribution >= 0.6 is 27.5 Å². The molecule has 0 bridgehead atoms. The Morgan fingerprint density at radius 1 is 1.26 bits per heavy atom. The van der Waals surface area contributed by atoms with E-state index in [2.05, 4.69) is 20.9 Å². The fourth-order valence-electron chi connectivity index (χ4n) is 1.82. The van der Waals surface area contributed by atoms with Crippen molar-refractivity contribution in [1.82, 2.24) is 4.98 Å². The lowest BCUT2D eigenvalue weighted by Crippen LogP contribution is -1.98. The second-order valence-corrected chi connectivity index (χ2v) is 5.21. The molecule has 1 aromatic carbocycles. The number of ether oxygens (including phenoxy) is 1. The van der Waals surface area contributed by atoms with Crippen LogP contribution < -0.4 is 4.74 Å². The zero-order valence-corrected chi connectivity index (χ0v) is 12.1. The van der Waals surface area contributed by atoms with E-state index in [9.17, 15) is 0 Å². The predicted molar refractivity (Wildman–Crippen MR) is 77.5 cm³/mol. The van der Waals surface area contributed by atoms with Gasteiger partial charge in [-0.3, -0.25) is 0 Å². The summed E-state index contributed by atoms with van der Waals surface area (Å²) in [6.07, 6.45) is 3.31. The number of rotatable bonds is 3. The molecule has 19 heavy (non-hydrogen) atoms. The molecular formula is C14H9BrClNO2. The Kier molecular flexibility index (Phi) is 3.44. The summed E-state index contributed by atoms with van der Waals surface area (Å²) in [6, 6.07) is 9.30. The minimum atomic E-state index is 0.372. The number of nitrogens with zero attached hydrogens (tertiary/aromatic N) is 1. The van der Waals surface area contributed by atoms with Crippen LogP contribution in [0.5, 0.6) is 5.88 Å². The van der Waals surface area contributed by atoms with Gasteiger partial charge in [0, 0.05) is 17.1 Å². The highest BCUT2D eigenvalue weighted by molar-refractivity contribution is 9.10. The number of hydrogen-bond donors (Lipinski definition) is 0. The molecule has 3 rings (SSSR count). The number of pyridine rings is 1. The zero-order valence-electron chi connectivity index (χ0n) is 9.77. The monoisotopic (exact) mass is 337 g/mol. The standard InChI is InChI=1S/C14H9BrClNO2/c15-11-2-1-6-17-14(11)19-8-9-3-4-12(16)10-5-7-18-13(9)10/h1-7H,8H2. The number of hydrogen-bond acceptors (Lipinski definition) is 3. The Balaban J connectivity index is 1.88. The molecule has 2 aromatic heterocycles. The lowest BCUT2D eigenvalue weighted by atomic mass is 10.1. The summed E-state index contributed by atoms with van der Waals surface area (Å²) < 4.78 is 12.0. The fourth-order valence-corrected chi connectivity index (χ4v) is 2.40. The van der Waals surface area contributed by atoms with Crippen molar-refractivity contribution in [3.8, 4) is 5.88 Å². The van der Waals surface area contributed by atoms with Gasteiger partial charge >= 0.3 is 0 Å². The summed E-state index contributed by atoms with van der Waals surface area (Å²) in [4.78, 5) is 4.15. The van der Waals surface area contributed by atoms with Gasteiger partial charge in [-0.05, 0) is 40.2 Å². The van der Waals surface area contributed by atoms with Gasteiger partial charge in [-0.15, -0.1) is 0 Å². The van der Waals surface area contributed by atoms with Gasteiger partial charge in [0.05, 0.1) is 15.8 Å². The van der Waals surface area contributed by atoms with E-state index >= 15 is 0 Å². The molecule has 0 fully saturated rings. The summed E-state index contributed by atoms with van der Waals surface area (Å²) in [5.41, 5.74) is 1.68. The smallest absolute Gasteiger partial charge is 0.228 e. The number of benzene rings is 1. The van der Waals surface area contributed by atoms with Crippen LogP contribution in [0, 0.1) is 0 Å². The van der Waals surface area contributed by atoms with Crippen LogP contribution in [0.4, 0.5) is 0 Å². The van der Waals surface area contributed by atoms with Crippen LogP contribution in [0.25, 0.3) is 11.0 Å². The third kappa shape index (κ3) is 2.46. The summed E-state index contributed by atoms with van der Waals surface area (Å²) in [5.74, 6) is 0.553. The highest BCUT2D eigenvalue weighted by atomic mass is 79.9. The zero-order chi connectivity index (χ0) is 13.2. The summed E-state index contributed by atoms with van der Waals surface area (Å²) >= 11 is 9.48. The molecule has 3 aromatic rings. The molecule has 2 heterocycles. The van der Waals surface area contributed by atoms with Crippen molar-refractivity contribution >= 4 is 38.5 Å². The van der Waals surface area contributed by atoms with Gasteiger partial charge in [-0.2, -0.15) is 0 Å². The molecule has 0 atom stereocenters. The van der Waals surface area contributed by atoms with Crippen LogP contribution in [0.2, 0.25) is 5.02 Å². The molecule has 0 aliphatic heterocycles. The van der Waals surface area contributed by atoms with Gasteiger partial charge in [-0.1, -0.05) is 17.7 Å². The van der Waals surface area contributed by atoms with Crippen molar-refractivity contribution < 1.29 is 9.15 Å². The lowest BCUT2D eigenvalue weighted by Gasteiger charge is -2.07. The normalized spacial score (nSPS) is 10.8. The Hall–Kier alpha value is -1.52. The second kappa shape index (κ2) is 5.23.